The van der Waals surface area contributed by atoms with E-state index >= 15 is 0 Å². The van der Waals surface area contributed by atoms with Crippen LogP contribution in [0.25, 0.3) is 0 Å². The second kappa shape index (κ2) is 2.16. The first-order chi connectivity index (χ1) is 4.46. The lowest BCUT2D eigenvalue weighted by Gasteiger charge is -2.28. The van der Waals surface area contributed by atoms with E-state index in [0.29, 0.717) is 0 Å². The van der Waals surface area contributed by atoms with Gasteiger partial charge in [-0.25, -0.2) is 8.78 Å². The van der Waals surface area contributed by atoms with Gasteiger partial charge in [-0.1, -0.05) is 12.8 Å². The van der Waals surface area contributed by atoms with Crippen molar-refractivity contribution in [2.75, 3.05) is 0 Å². The summed E-state index contributed by atoms with van der Waals surface area (Å²) in [6.45, 7) is 0.790. The predicted octanol–water partition coefficient (Wildman–Crippen LogP) is 1.95. The Kier molecular flexibility index (Phi) is 1.71. The number of hydrogen-bond donors (Lipinski definition) is 1. The molecule has 60 valence electrons. The summed E-state index contributed by atoms with van der Waals surface area (Å²) in [6.07, 6.45) is 1.94. The molecule has 3 heteroatoms. The van der Waals surface area contributed by atoms with Gasteiger partial charge >= 0.3 is 0 Å². The van der Waals surface area contributed by atoms with E-state index in [2.05, 4.69) is 0 Å². The summed E-state index contributed by atoms with van der Waals surface area (Å²) in [6, 6.07) is 0. The zero-order valence-corrected chi connectivity index (χ0v) is 6.03. The Morgan fingerprint density at radius 1 is 1.30 bits per heavy atom. The Morgan fingerprint density at radius 2 is 1.70 bits per heavy atom. The molecule has 1 fully saturated rings. The molecule has 0 aromatic carbocycles. The molecule has 0 spiro atoms. The first-order valence-electron chi connectivity index (χ1n) is 3.56. The van der Waals surface area contributed by atoms with Crippen LogP contribution in [0.2, 0.25) is 0 Å². The Hall–Kier alpha value is -0.180. The molecule has 1 aliphatic carbocycles. The SMILES string of the molecule is CC(F)(F)C1(O)CCCC1. The molecular weight excluding hydrogens is 138 g/mol. The number of alkyl halides is 2. The number of hydrogen-bond acceptors (Lipinski definition) is 1. The minimum Gasteiger partial charge on any atom is -0.384 e. The van der Waals surface area contributed by atoms with E-state index in [1.54, 1.807) is 0 Å². The lowest BCUT2D eigenvalue weighted by Crippen LogP contribution is -2.43. The monoisotopic (exact) mass is 150 g/mol. The molecule has 0 amide bonds. The highest BCUT2D eigenvalue weighted by Crippen LogP contribution is 2.41. The molecule has 0 aromatic heterocycles. The largest absolute Gasteiger partial charge is 0.384 e. The standard InChI is InChI=1S/C7H12F2O/c1-6(8,9)7(10)4-2-3-5-7/h10H,2-5H2,1H3. The third-order valence-corrected chi connectivity index (χ3v) is 2.25. The van der Waals surface area contributed by atoms with E-state index in [1.807, 2.05) is 0 Å². The minimum absolute atomic E-state index is 0.247. The van der Waals surface area contributed by atoms with Crippen LogP contribution < -0.4 is 0 Å². The van der Waals surface area contributed by atoms with Crippen LogP contribution in [0.4, 0.5) is 8.78 Å². The topological polar surface area (TPSA) is 20.2 Å². The van der Waals surface area contributed by atoms with Gasteiger partial charge in [-0.05, 0) is 12.8 Å². The van der Waals surface area contributed by atoms with E-state index in [4.69, 9.17) is 0 Å². The fourth-order valence-corrected chi connectivity index (χ4v) is 1.40. The maximum atomic E-state index is 12.6. The van der Waals surface area contributed by atoms with Crippen molar-refractivity contribution >= 4 is 0 Å². The maximum Gasteiger partial charge on any atom is 0.273 e. The Labute approximate surface area is 59.0 Å². The van der Waals surface area contributed by atoms with Gasteiger partial charge in [-0.2, -0.15) is 0 Å². The van der Waals surface area contributed by atoms with Crippen LogP contribution in [0.5, 0.6) is 0 Å². The molecule has 0 bridgehead atoms. The van der Waals surface area contributed by atoms with Gasteiger partial charge < -0.3 is 5.11 Å². The van der Waals surface area contributed by atoms with Crippen molar-refractivity contribution in [3.05, 3.63) is 0 Å². The van der Waals surface area contributed by atoms with Gasteiger partial charge in [0.15, 0.2) is 0 Å². The van der Waals surface area contributed by atoms with Gasteiger partial charge in [0.05, 0.1) is 0 Å². The molecule has 0 radical (unpaired) electrons. The van der Waals surface area contributed by atoms with Crippen LogP contribution in [0.15, 0.2) is 0 Å². The van der Waals surface area contributed by atoms with Crippen molar-refractivity contribution in [2.24, 2.45) is 0 Å². The molecule has 1 N–H and O–H groups in total. The highest BCUT2D eigenvalue weighted by molar-refractivity contribution is 4.93. The average Bonchev–Trinajstić information content (AvgIpc) is 2.13. The molecule has 0 aromatic rings. The number of rotatable bonds is 1. The molecule has 1 rings (SSSR count). The van der Waals surface area contributed by atoms with Gasteiger partial charge in [0.2, 0.25) is 0 Å². The molecule has 0 unspecified atom stereocenters. The van der Waals surface area contributed by atoms with Crippen LogP contribution >= 0.6 is 0 Å². The quantitative estimate of drug-likeness (QED) is 0.605. The molecule has 1 nitrogen and oxygen atoms in total. The van der Waals surface area contributed by atoms with Gasteiger partial charge in [0.25, 0.3) is 5.92 Å². The second-order valence-electron chi connectivity index (χ2n) is 3.13. The second-order valence-corrected chi connectivity index (χ2v) is 3.13. The lowest BCUT2D eigenvalue weighted by atomic mass is 9.95. The molecule has 0 atom stereocenters. The Balaban J connectivity index is 2.67. The zero-order valence-electron chi connectivity index (χ0n) is 6.03. The first-order valence-corrected chi connectivity index (χ1v) is 3.56. The Morgan fingerprint density at radius 3 is 1.90 bits per heavy atom. The summed E-state index contributed by atoms with van der Waals surface area (Å²) < 4.78 is 25.1. The van der Waals surface area contributed by atoms with Gasteiger partial charge in [0, 0.05) is 6.92 Å². The van der Waals surface area contributed by atoms with Gasteiger partial charge in [0.1, 0.15) is 5.60 Å². The normalized spacial score (nSPS) is 25.2. The molecule has 0 heterocycles. The van der Waals surface area contributed by atoms with Crippen LogP contribution in [-0.2, 0) is 0 Å². The molecule has 0 saturated heterocycles. The van der Waals surface area contributed by atoms with Crippen molar-refractivity contribution in [2.45, 2.75) is 44.1 Å². The maximum absolute atomic E-state index is 12.6. The van der Waals surface area contributed by atoms with Crippen molar-refractivity contribution in [3.8, 4) is 0 Å². The summed E-state index contributed by atoms with van der Waals surface area (Å²) in [5, 5.41) is 9.28. The summed E-state index contributed by atoms with van der Waals surface area (Å²) in [7, 11) is 0. The van der Waals surface area contributed by atoms with E-state index in [9.17, 15) is 13.9 Å². The van der Waals surface area contributed by atoms with Crippen LogP contribution in [0, 0.1) is 0 Å². The van der Waals surface area contributed by atoms with Crippen LogP contribution in [0.3, 0.4) is 0 Å². The lowest BCUT2D eigenvalue weighted by molar-refractivity contribution is -0.164. The minimum atomic E-state index is -2.93. The highest BCUT2D eigenvalue weighted by Gasteiger charge is 2.49. The predicted molar refractivity (Wildman–Crippen MR) is 34.0 cm³/mol. The van der Waals surface area contributed by atoms with Crippen LogP contribution in [-0.4, -0.2) is 16.6 Å². The molecule has 0 aliphatic heterocycles. The summed E-state index contributed by atoms with van der Waals surface area (Å²) in [5.74, 6) is -2.93. The summed E-state index contributed by atoms with van der Waals surface area (Å²) in [5.41, 5.74) is -1.70. The molecule has 1 aliphatic rings. The van der Waals surface area contributed by atoms with Gasteiger partial charge in [-0.15, -0.1) is 0 Å². The van der Waals surface area contributed by atoms with E-state index in [1.165, 1.54) is 0 Å². The zero-order chi connectivity index (χ0) is 7.83. The first kappa shape index (κ1) is 7.92. The molecular formula is C7H12F2O. The van der Waals surface area contributed by atoms with Crippen molar-refractivity contribution in [3.63, 3.8) is 0 Å². The summed E-state index contributed by atoms with van der Waals surface area (Å²) >= 11 is 0. The van der Waals surface area contributed by atoms with Crippen LogP contribution in [0.1, 0.15) is 32.6 Å². The third kappa shape index (κ3) is 1.15. The van der Waals surface area contributed by atoms with Gasteiger partial charge in [-0.3, -0.25) is 0 Å². The van der Waals surface area contributed by atoms with E-state index < -0.39 is 11.5 Å². The van der Waals surface area contributed by atoms with E-state index in [0.717, 1.165) is 19.8 Å². The fraction of sp³-hybridized carbons (Fsp3) is 1.00. The highest BCUT2D eigenvalue weighted by atomic mass is 19.3. The summed E-state index contributed by atoms with van der Waals surface area (Å²) in [4.78, 5) is 0. The van der Waals surface area contributed by atoms with Crippen molar-refractivity contribution in [1.82, 2.24) is 0 Å². The number of halogens is 2. The third-order valence-electron chi connectivity index (χ3n) is 2.25. The Bertz CT molecular complexity index is 122. The van der Waals surface area contributed by atoms with E-state index in [-0.39, 0.29) is 12.8 Å². The molecule has 10 heavy (non-hydrogen) atoms. The smallest absolute Gasteiger partial charge is 0.273 e. The fourth-order valence-electron chi connectivity index (χ4n) is 1.40. The molecule has 1 saturated carbocycles. The van der Waals surface area contributed by atoms with Crippen molar-refractivity contribution < 1.29 is 13.9 Å². The average molecular weight is 150 g/mol. The number of aliphatic hydroxyl groups is 1. The van der Waals surface area contributed by atoms with Crippen molar-refractivity contribution in [1.29, 1.82) is 0 Å².